The van der Waals surface area contributed by atoms with Crippen molar-refractivity contribution in [1.82, 2.24) is 10.3 Å². The van der Waals surface area contributed by atoms with Gasteiger partial charge >= 0.3 is 0 Å². The van der Waals surface area contributed by atoms with Crippen molar-refractivity contribution < 1.29 is 9.90 Å². The number of nitrogens with one attached hydrogen (secondary N) is 1. The van der Waals surface area contributed by atoms with Gasteiger partial charge in [-0.1, -0.05) is 6.07 Å². The third-order valence-corrected chi connectivity index (χ3v) is 3.51. The first-order valence-electron chi connectivity index (χ1n) is 6.53. The van der Waals surface area contributed by atoms with Gasteiger partial charge in [-0.3, -0.25) is 9.78 Å². The predicted octanol–water partition coefficient (Wildman–Crippen LogP) is 1.35. The summed E-state index contributed by atoms with van der Waals surface area (Å²) >= 11 is 0. The summed E-state index contributed by atoms with van der Waals surface area (Å²) < 4.78 is 0. The zero-order valence-electron chi connectivity index (χ0n) is 10.7. The Bertz CT molecular complexity index is 412. The topological polar surface area (TPSA) is 62.2 Å². The van der Waals surface area contributed by atoms with Crippen molar-refractivity contribution in [3.63, 3.8) is 0 Å². The standard InChI is InChI=1S/C14H20N2O2/c1-10-3-2-8-15-13(10)9-14(18)16-11-4-6-12(17)7-5-11/h2-3,8,11-12,17H,4-7,9H2,1H3,(H,16,18). The molecule has 2 N–H and O–H groups in total. The summed E-state index contributed by atoms with van der Waals surface area (Å²) in [5, 5.41) is 12.4. The van der Waals surface area contributed by atoms with E-state index in [9.17, 15) is 9.90 Å². The summed E-state index contributed by atoms with van der Waals surface area (Å²) in [5.41, 5.74) is 1.89. The first-order valence-corrected chi connectivity index (χ1v) is 6.53. The van der Waals surface area contributed by atoms with Gasteiger partial charge in [0.15, 0.2) is 0 Å². The van der Waals surface area contributed by atoms with E-state index in [1.54, 1.807) is 6.20 Å². The normalized spacial score (nSPS) is 23.7. The second-order valence-electron chi connectivity index (χ2n) is 5.02. The van der Waals surface area contributed by atoms with Crippen LogP contribution in [-0.2, 0) is 11.2 Å². The molecule has 4 nitrogen and oxygen atoms in total. The molecule has 18 heavy (non-hydrogen) atoms. The number of aryl methyl sites for hydroxylation is 1. The van der Waals surface area contributed by atoms with Crippen LogP contribution in [0.1, 0.15) is 36.9 Å². The van der Waals surface area contributed by atoms with Crippen LogP contribution in [0.25, 0.3) is 0 Å². The number of pyridine rings is 1. The van der Waals surface area contributed by atoms with E-state index in [1.807, 2.05) is 19.1 Å². The minimum Gasteiger partial charge on any atom is -0.393 e. The highest BCUT2D eigenvalue weighted by atomic mass is 16.3. The second kappa shape index (κ2) is 5.96. The monoisotopic (exact) mass is 248 g/mol. The largest absolute Gasteiger partial charge is 0.393 e. The van der Waals surface area contributed by atoms with Crippen LogP contribution < -0.4 is 5.32 Å². The fraction of sp³-hybridized carbons (Fsp3) is 0.571. The molecule has 1 aromatic heterocycles. The van der Waals surface area contributed by atoms with E-state index in [2.05, 4.69) is 10.3 Å². The van der Waals surface area contributed by atoms with Crippen LogP contribution >= 0.6 is 0 Å². The molecule has 0 saturated heterocycles. The van der Waals surface area contributed by atoms with E-state index in [4.69, 9.17) is 0 Å². The molecular formula is C14H20N2O2. The Balaban J connectivity index is 1.84. The summed E-state index contributed by atoms with van der Waals surface area (Å²) in [6.45, 7) is 1.96. The van der Waals surface area contributed by atoms with Crippen molar-refractivity contribution in [2.75, 3.05) is 0 Å². The van der Waals surface area contributed by atoms with Gasteiger partial charge in [0.25, 0.3) is 0 Å². The van der Waals surface area contributed by atoms with Crippen molar-refractivity contribution in [3.8, 4) is 0 Å². The number of amides is 1. The molecule has 2 rings (SSSR count). The summed E-state index contributed by atoms with van der Waals surface area (Å²) in [6, 6.07) is 4.05. The summed E-state index contributed by atoms with van der Waals surface area (Å²) in [5.74, 6) is 0.0261. The zero-order valence-corrected chi connectivity index (χ0v) is 10.7. The SMILES string of the molecule is Cc1cccnc1CC(=O)NC1CCC(O)CC1. The smallest absolute Gasteiger partial charge is 0.226 e. The fourth-order valence-electron chi connectivity index (χ4n) is 2.35. The molecular weight excluding hydrogens is 228 g/mol. The van der Waals surface area contributed by atoms with Crippen LogP contribution in [0, 0.1) is 6.92 Å². The van der Waals surface area contributed by atoms with Gasteiger partial charge in [-0.15, -0.1) is 0 Å². The Morgan fingerprint density at radius 2 is 2.17 bits per heavy atom. The molecule has 1 aliphatic carbocycles. The lowest BCUT2D eigenvalue weighted by Gasteiger charge is -2.26. The van der Waals surface area contributed by atoms with E-state index in [1.165, 1.54) is 0 Å². The number of carbonyl (C=O) groups is 1. The molecule has 1 amide bonds. The minimum absolute atomic E-state index is 0.0261. The lowest BCUT2D eigenvalue weighted by molar-refractivity contribution is -0.121. The van der Waals surface area contributed by atoms with Crippen LogP contribution in [0.2, 0.25) is 0 Å². The molecule has 0 atom stereocenters. The zero-order chi connectivity index (χ0) is 13.0. The highest BCUT2D eigenvalue weighted by Gasteiger charge is 2.20. The average Bonchev–Trinajstić information content (AvgIpc) is 2.35. The maximum atomic E-state index is 11.9. The molecule has 98 valence electrons. The maximum Gasteiger partial charge on any atom is 0.226 e. The van der Waals surface area contributed by atoms with Crippen LogP contribution in [0.5, 0.6) is 0 Å². The third-order valence-electron chi connectivity index (χ3n) is 3.51. The number of hydrogen-bond donors (Lipinski definition) is 2. The average molecular weight is 248 g/mol. The molecule has 1 heterocycles. The fourth-order valence-corrected chi connectivity index (χ4v) is 2.35. The predicted molar refractivity (Wildman–Crippen MR) is 69.1 cm³/mol. The van der Waals surface area contributed by atoms with Crippen LogP contribution in [0.3, 0.4) is 0 Å². The molecule has 0 radical (unpaired) electrons. The molecule has 1 fully saturated rings. The van der Waals surface area contributed by atoms with Gasteiger partial charge in [-0.05, 0) is 44.2 Å². The Kier molecular flexibility index (Phi) is 4.31. The van der Waals surface area contributed by atoms with Crippen molar-refractivity contribution in [3.05, 3.63) is 29.6 Å². The number of hydrogen-bond acceptors (Lipinski definition) is 3. The molecule has 1 aliphatic rings. The first-order chi connectivity index (χ1) is 8.65. The molecule has 0 aliphatic heterocycles. The summed E-state index contributed by atoms with van der Waals surface area (Å²) in [6.07, 6.45) is 5.18. The van der Waals surface area contributed by atoms with E-state index in [-0.39, 0.29) is 18.1 Å². The Morgan fingerprint density at radius 3 is 2.83 bits per heavy atom. The van der Waals surface area contributed by atoms with Gasteiger partial charge in [-0.25, -0.2) is 0 Å². The van der Waals surface area contributed by atoms with Gasteiger partial charge in [0.2, 0.25) is 5.91 Å². The van der Waals surface area contributed by atoms with Gasteiger partial charge in [0, 0.05) is 12.2 Å². The molecule has 1 aromatic rings. The van der Waals surface area contributed by atoms with Gasteiger partial charge in [0.05, 0.1) is 18.2 Å². The number of nitrogens with zero attached hydrogens (tertiary/aromatic N) is 1. The maximum absolute atomic E-state index is 11.9. The van der Waals surface area contributed by atoms with Crippen molar-refractivity contribution in [1.29, 1.82) is 0 Å². The quantitative estimate of drug-likeness (QED) is 0.849. The van der Waals surface area contributed by atoms with Crippen LogP contribution in [0.15, 0.2) is 18.3 Å². The summed E-state index contributed by atoms with van der Waals surface area (Å²) in [4.78, 5) is 16.1. The Morgan fingerprint density at radius 1 is 1.44 bits per heavy atom. The van der Waals surface area contributed by atoms with Crippen molar-refractivity contribution in [2.24, 2.45) is 0 Å². The molecule has 0 bridgehead atoms. The highest BCUT2D eigenvalue weighted by Crippen LogP contribution is 2.18. The van der Waals surface area contributed by atoms with E-state index in [0.29, 0.717) is 6.42 Å². The minimum atomic E-state index is -0.184. The molecule has 4 heteroatoms. The lowest BCUT2D eigenvalue weighted by Crippen LogP contribution is -2.39. The number of rotatable bonds is 3. The van der Waals surface area contributed by atoms with Gasteiger partial charge in [0.1, 0.15) is 0 Å². The number of aromatic nitrogens is 1. The molecule has 0 aromatic carbocycles. The third kappa shape index (κ3) is 3.53. The van der Waals surface area contributed by atoms with Crippen LogP contribution in [0.4, 0.5) is 0 Å². The number of aliphatic hydroxyl groups excluding tert-OH is 1. The Hall–Kier alpha value is -1.42. The number of aliphatic hydroxyl groups is 1. The van der Waals surface area contributed by atoms with Crippen LogP contribution in [-0.4, -0.2) is 28.1 Å². The van der Waals surface area contributed by atoms with Crippen molar-refractivity contribution >= 4 is 5.91 Å². The van der Waals surface area contributed by atoms with Gasteiger partial charge in [-0.2, -0.15) is 0 Å². The van der Waals surface area contributed by atoms with E-state index < -0.39 is 0 Å². The Labute approximate surface area is 107 Å². The first kappa shape index (κ1) is 13.0. The molecule has 1 saturated carbocycles. The number of carbonyl (C=O) groups excluding carboxylic acids is 1. The van der Waals surface area contributed by atoms with E-state index in [0.717, 1.165) is 36.9 Å². The van der Waals surface area contributed by atoms with Gasteiger partial charge < -0.3 is 10.4 Å². The lowest BCUT2D eigenvalue weighted by atomic mass is 9.93. The van der Waals surface area contributed by atoms with Crippen molar-refractivity contribution in [2.45, 2.75) is 51.2 Å². The molecule has 0 unspecified atom stereocenters. The van der Waals surface area contributed by atoms with E-state index >= 15 is 0 Å². The highest BCUT2D eigenvalue weighted by molar-refractivity contribution is 5.78. The second-order valence-corrected chi connectivity index (χ2v) is 5.02. The molecule has 0 spiro atoms. The summed E-state index contributed by atoms with van der Waals surface area (Å²) in [7, 11) is 0.